The highest BCUT2D eigenvalue weighted by atomic mass is 32.2. The summed E-state index contributed by atoms with van der Waals surface area (Å²) < 4.78 is 41.2. The topological polar surface area (TPSA) is 43.9 Å². The minimum atomic E-state index is -3.38. The Hall–Kier alpha value is -1.80. The number of fused-ring (bicyclic) bond motifs is 2. The van der Waals surface area contributed by atoms with Crippen molar-refractivity contribution in [1.82, 2.24) is 13.5 Å². The van der Waals surface area contributed by atoms with E-state index in [-0.39, 0.29) is 11.2 Å². The Morgan fingerprint density at radius 1 is 1.03 bits per heavy atom. The monoisotopic (exact) mass is 417 g/mol. The summed E-state index contributed by atoms with van der Waals surface area (Å²) in [6.45, 7) is 3.56. The number of rotatable bonds is 4. The number of piperidine rings is 1. The minimum Gasteiger partial charge on any atom is -0.294 e. The van der Waals surface area contributed by atoms with Crippen LogP contribution in [0.15, 0.2) is 48.5 Å². The van der Waals surface area contributed by atoms with Crippen LogP contribution in [0, 0.1) is 5.82 Å². The first-order valence-corrected chi connectivity index (χ1v) is 11.4. The van der Waals surface area contributed by atoms with Gasteiger partial charge in [-0.25, -0.2) is 4.39 Å². The van der Waals surface area contributed by atoms with Gasteiger partial charge >= 0.3 is 0 Å². The van der Waals surface area contributed by atoms with E-state index in [0.29, 0.717) is 13.1 Å². The molecule has 0 aliphatic carbocycles. The number of nitrogens with zero attached hydrogens (tertiary/aromatic N) is 3. The molecule has 0 aromatic heterocycles. The molecule has 29 heavy (non-hydrogen) atoms. The van der Waals surface area contributed by atoms with Gasteiger partial charge in [-0.2, -0.15) is 17.0 Å². The smallest absolute Gasteiger partial charge is 0.281 e. The van der Waals surface area contributed by atoms with Crippen LogP contribution in [0.4, 0.5) is 4.39 Å². The number of hydrogen-bond donors (Lipinski definition) is 0. The average Bonchev–Trinajstić information content (AvgIpc) is 2.70. The molecular formula is C22H28FN3O2S. The van der Waals surface area contributed by atoms with Gasteiger partial charge in [0.15, 0.2) is 0 Å². The first-order chi connectivity index (χ1) is 13.8. The second-order valence-corrected chi connectivity index (χ2v) is 10.5. The summed E-state index contributed by atoms with van der Waals surface area (Å²) in [4.78, 5) is 2.41. The van der Waals surface area contributed by atoms with Gasteiger partial charge in [-0.1, -0.05) is 36.4 Å². The van der Waals surface area contributed by atoms with Crippen LogP contribution in [0.2, 0.25) is 0 Å². The number of halogens is 1. The van der Waals surface area contributed by atoms with E-state index in [1.807, 2.05) is 12.1 Å². The average molecular weight is 418 g/mol. The normalized spacial score (nSPS) is 20.1. The third-order valence-corrected chi connectivity index (χ3v) is 8.24. The lowest BCUT2D eigenvalue weighted by atomic mass is 9.69. The standard InChI is InChI=1S/C22H28FN3O2S/c1-24(2)29(27,28)26-13-11-22(12-14-26)17-25(15-18-7-9-20(23)10-8-18)16-19-5-3-4-6-21(19)22/h3-10H,11-17H2,1-2H3. The van der Waals surface area contributed by atoms with Crippen LogP contribution < -0.4 is 0 Å². The Labute approximate surface area is 172 Å². The molecule has 1 saturated heterocycles. The van der Waals surface area contributed by atoms with Crippen LogP contribution in [0.3, 0.4) is 0 Å². The van der Waals surface area contributed by atoms with Crippen LogP contribution >= 0.6 is 0 Å². The Balaban J connectivity index is 1.58. The predicted molar refractivity (Wildman–Crippen MR) is 112 cm³/mol. The Morgan fingerprint density at radius 2 is 1.69 bits per heavy atom. The van der Waals surface area contributed by atoms with Crippen molar-refractivity contribution in [1.29, 1.82) is 0 Å². The Morgan fingerprint density at radius 3 is 2.34 bits per heavy atom. The second kappa shape index (κ2) is 7.80. The molecule has 0 saturated carbocycles. The molecule has 0 N–H and O–H groups in total. The van der Waals surface area contributed by atoms with E-state index in [2.05, 4.69) is 29.2 Å². The first-order valence-electron chi connectivity index (χ1n) is 10.0. The lowest BCUT2D eigenvalue weighted by Crippen LogP contribution is -2.54. The van der Waals surface area contributed by atoms with Crippen molar-refractivity contribution in [2.75, 3.05) is 33.7 Å². The molecule has 4 rings (SSSR count). The quantitative estimate of drug-likeness (QED) is 0.768. The molecule has 0 radical (unpaired) electrons. The van der Waals surface area contributed by atoms with E-state index in [4.69, 9.17) is 0 Å². The summed E-state index contributed by atoms with van der Waals surface area (Å²) in [7, 11) is -0.215. The van der Waals surface area contributed by atoms with E-state index in [1.165, 1.54) is 27.6 Å². The summed E-state index contributed by atoms with van der Waals surface area (Å²) in [6, 6.07) is 15.2. The molecule has 0 bridgehead atoms. The lowest BCUT2D eigenvalue weighted by Gasteiger charge is -2.48. The predicted octanol–water partition coefficient (Wildman–Crippen LogP) is 2.98. The van der Waals surface area contributed by atoms with E-state index < -0.39 is 10.2 Å². The largest absolute Gasteiger partial charge is 0.294 e. The fourth-order valence-corrected chi connectivity index (χ4v) is 5.85. The molecular weight excluding hydrogens is 389 g/mol. The van der Waals surface area contributed by atoms with Crippen molar-refractivity contribution in [3.63, 3.8) is 0 Å². The van der Waals surface area contributed by atoms with Gasteiger partial charge in [-0.3, -0.25) is 4.90 Å². The lowest BCUT2D eigenvalue weighted by molar-refractivity contribution is 0.120. The van der Waals surface area contributed by atoms with E-state index >= 15 is 0 Å². The SMILES string of the molecule is CN(C)S(=O)(=O)N1CCC2(CC1)CN(Cc1ccc(F)cc1)Cc1ccccc12. The molecule has 7 heteroatoms. The van der Waals surface area contributed by atoms with Crippen molar-refractivity contribution in [3.05, 3.63) is 71.0 Å². The maximum atomic E-state index is 13.3. The third-order valence-electron chi connectivity index (χ3n) is 6.30. The Bertz CT molecular complexity index is 968. The molecule has 2 aromatic rings. The highest BCUT2D eigenvalue weighted by Crippen LogP contribution is 2.42. The molecule has 0 unspecified atom stereocenters. The zero-order valence-electron chi connectivity index (χ0n) is 17.0. The van der Waals surface area contributed by atoms with Gasteiger partial charge in [0.25, 0.3) is 10.2 Å². The van der Waals surface area contributed by atoms with Gasteiger partial charge in [0.1, 0.15) is 5.82 Å². The van der Waals surface area contributed by atoms with Gasteiger partial charge in [0.05, 0.1) is 0 Å². The van der Waals surface area contributed by atoms with Crippen LogP contribution in [0.25, 0.3) is 0 Å². The first kappa shape index (κ1) is 20.5. The fraction of sp³-hybridized carbons (Fsp3) is 0.455. The van der Waals surface area contributed by atoms with E-state index in [0.717, 1.165) is 38.0 Å². The van der Waals surface area contributed by atoms with E-state index in [9.17, 15) is 12.8 Å². The van der Waals surface area contributed by atoms with E-state index in [1.54, 1.807) is 18.4 Å². The van der Waals surface area contributed by atoms with Crippen LogP contribution in [0.1, 0.15) is 29.5 Å². The molecule has 0 amide bonds. The summed E-state index contributed by atoms with van der Waals surface area (Å²) in [5.41, 5.74) is 3.71. The highest BCUT2D eigenvalue weighted by Gasteiger charge is 2.44. The molecule has 0 atom stereocenters. The molecule has 1 spiro atoms. The van der Waals surface area contributed by atoms with Crippen molar-refractivity contribution in [2.45, 2.75) is 31.3 Å². The van der Waals surface area contributed by atoms with Gasteiger partial charge in [0.2, 0.25) is 0 Å². The fourth-order valence-electron chi connectivity index (χ4n) is 4.75. The molecule has 5 nitrogen and oxygen atoms in total. The maximum absolute atomic E-state index is 13.3. The zero-order chi connectivity index (χ0) is 20.6. The Kier molecular flexibility index (Phi) is 5.50. The van der Waals surface area contributed by atoms with Crippen molar-refractivity contribution in [3.8, 4) is 0 Å². The molecule has 1 fully saturated rings. The maximum Gasteiger partial charge on any atom is 0.281 e. The molecule has 2 heterocycles. The van der Waals surface area contributed by atoms with Crippen LogP contribution in [0.5, 0.6) is 0 Å². The number of benzene rings is 2. The number of hydrogen-bond acceptors (Lipinski definition) is 3. The third kappa shape index (κ3) is 3.97. The minimum absolute atomic E-state index is 0.0484. The summed E-state index contributed by atoms with van der Waals surface area (Å²) >= 11 is 0. The van der Waals surface area contributed by atoms with Gasteiger partial charge in [-0.05, 0) is 41.7 Å². The van der Waals surface area contributed by atoms with Gasteiger partial charge < -0.3 is 0 Å². The summed E-state index contributed by atoms with van der Waals surface area (Å²) in [5, 5.41) is 0. The second-order valence-electron chi connectivity index (χ2n) is 8.40. The zero-order valence-corrected chi connectivity index (χ0v) is 17.8. The van der Waals surface area contributed by atoms with Crippen molar-refractivity contribution in [2.24, 2.45) is 0 Å². The molecule has 2 aliphatic heterocycles. The summed E-state index contributed by atoms with van der Waals surface area (Å²) in [6.07, 6.45) is 1.61. The summed E-state index contributed by atoms with van der Waals surface area (Å²) in [5.74, 6) is -0.219. The molecule has 2 aliphatic rings. The van der Waals surface area contributed by atoms with Crippen LogP contribution in [-0.2, 0) is 28.7 Å². The van der Waals surface area contributed by atoms with Crippen molar-refractivity contribution < 1.29 is 12.8 Å². The van der Waals surface area contributed by atoms with Gasteiger partial charge in [0, 0.05) is 52.2 Å². The van der Waals surface area contributed by atoms with Gasteiger partial charge in [-0.15, -0.1) is 0 Å². The molecule has 156 valence electrons. The van der Waals surface area contributed by atoms with Crippen LogP contribution in [-0.4, -0.2) is 55.7 Å². The molecule has 2 aromatic carbocycles. The van der Waals surface area contributed by atoms with Crippen molar-refractivity contribution >= 4 is 10.2 Å². The highest BCUT2D eigenvalue weighted by molar-refractivity contribution is 7.86.